The Hall–Kier alpha value is -2.38. The number of carbonyl (C=O) groups excluding carboxylic acids is 2. The minimum absolute atomic E-state index is 0.134. The van der Waals surface area contributed by atoms with Gasteiger partial charge in [0.15, 0.2) is 0 Å². The number of nitrogens with one attached hydrogen (secondary N) is 2. The van der Waals surface area contributed by atoms with Gasteiger partial charge in [0.25, 0.3) is 11.8 Å². The van der Waals surface area contributed by atoms with Gasteiger partial charge in [-0.25, -0.2) is 0 Å². The van der Waals surface area contributed by atoms with Gasteiger partial charge in [0, 0.05) is 32.2 Å². The summed E-state index contributed by atoms with van der Waals surface area (Å²) in [6, 6.07) is 6.74. The third-order valence-corrected chi connectivity index (χ3v) is 4.97. The highest BCUT2D eigenvalue weighted by Gasteiger charge is 2.42. The molecule has 0 atom stereocenters. The lowest BCUT2D eigenvalue weighted by Gasteiger charge is -2.36. The Morgan fingerprint density at radius 1 is 1.31 bits per heavy atom. The Labute approximate surface area is 157 Å². The van der Waals surface area contributed by atoms with E-state index in [0.717, 1.165) is 13.1 Å². The van der Waals surface area contributed by atoms with Crippen molar-refractivity contribution in [2.24, 2.45) is 0 Å². The fraction of sp³-hybridized carbons (Fsp3) is 0.389. The van der Waals surface area contributed by atoms with Gasteiger partial charge in [0.2, 0.25) is 0 Å². The van der Waals surface area contributed by atoms with Crippen molar-refractivity contribution in [2.75, 3.05) is 32.5 Å². The van der Waals surface area contributed by atoms with E-state index in [1.165, 1.54) is 4.90 Å². The zero-order chi connectivity index (χ0) is 18.7. The maximum absolute atomic E-state index is 13.1. The lowest BCUT2D eigenvalue weighted by molar-refractivity contribution is -0.126. The number of halogens is 1. The van der Waals surface area contributed by atoms with Crippen molar-refractivity contribution in [3.63, 3.8) is 0 Å². The number of benzene rings is 1. The Kier molecular flexibility index (Phi) is 5.29. The maximum atomic E-state index is 13.1. The Morgan fingerprint density at radius 2 is 2.04 bits per heavy atom. The number of nitrogens with zero attached hydrogens (tertiary/aromatic N) is 3. The van der Waals surface area contributed by atoms with Gasteiger partial charge in [-0.05, 0) is 50.2 Å². The molecule has 1 saturated heterocycles. The number of rotatable bonds is 4. The highest BCUT2D eigenvalue weighted by atomic mass is 35.5. The summed E-state index contributed by atoms with van der Waals surface area (Å²) >= 11 is 6.25. The van der Waals surface area contributed by atoms with E-state index in [-0.39, 0.29) is 11.8 Å². The molecule has 1 aliphatic heterocycles. The highest BCUT2D eigenvalue weighted by Crippen LogP contribution is 2.30. The monoisotopic (exact) mass is 375 g/mol. The molecule has 138 valence electrons. The molecule has 3 rings (SSSR count). The molecule has 1 aliphatic rings. The maximum Gasteiger partial charge on any atom is 0.254 e. The van der Waals surface area contributed by atoms with Crippen LogP contribution in [0.4, 0.5) is 5.69 Å². The highest BCUT2D eigenvalue weighted by molar-refractivity contribution is 6.34. The molecule has 2 aromatic rings. The van der Waals surface area contributed by atoms with E-state index in [1.54, 1.807) is 43.2 Å². The second-order valence-corrected chi connectivity index (χ2v) is 6.99. The average Bonchev–Trinajstić information content (AvgIpc) is 3.17. The van der Waals surface area contributed by atoms with Crippen LogP contribution in [0.5, 0.6) is 0 Å². The van der Waals surface area contributed by atoms with E-state index in [4.69, 9.17) is 11.6 Å². The van der Waals surface area contributed by atoms with Crippen molar-refractivity contribution in [3.8, 4) is 0 Å². The van der Waals surface area contributed by atoms with Gasteiger partial charge in [-0.1, -0.05) is 11.6 Å². The summed E-state index contributed by atoms with van der Waals surface area (Å²) in [5.41, 5.74) is 0.220. The summed E-state index contributed by atoms with van der Waals surface area (Å²) in [6.07, 6.45) is 4.78. The summed E-state index contributed by atoms with van der Waals surface area (Å²) in [7, 11) is 3.33. The zero-order valence-corrected chi connectivity index (χ0v) is 15.6. The molecule has 1 aromatic carbocycles. The van der Waals surface area contributed by atoms with Crippen molar-refractivity contribution < 1.29 is 9.59 Å². The molecule has 0 radical (unpaired) electrons. The molecule has 2 N–H and O–H groups in total. The van der Waals surface area contributed by atoms with E-state index in [1.807, 2.05) is 12.3 Å². The normalized spacial score (nSPS) is 16.1. The van der Waals surface area contributed by atoms with Crippen LogP contribution in [0.3, 0.4) is 0 Å². The molecule has 0 unspecified atom stereocenters. The summed E-state index contributed by atoms with van der Waals surface area (Å²) in [5.74, 6) is -0.315. The van der Waals surface area contributed by atoms with Gasteiger partial charge in [0.1, 0.15) is 5.54 Å². The molecule has 0 saturated carbocycles. The van der Waals surface area contributed by atoms with E-state index < -0.39 is 5.54 Å². The molecular formula is C18H22ClN5O2. The molecule has 2 heterocycles. The fourth-order valence-corrected chi connectivity index (χ4v) is 3.44. The third-order valence-electron chi connectivity index (χ3n) is 4.66. The van der Waals surface area contributed by atoms with E-state index in [9.17, 15) is 9.59 Å². The van der Waals surface area contributed by atoms with E-state index in [0.29, 0.717) is 29.1 Å². The second kappa shape index (κ2) is 7.47. The van der Waals surface area contributed by atoms with Crippen molar-refractivity contribution in [1.82, 2.24) is 20.0 Å². The van der Waals surface area contributed by atoms with Crippen LogP contribution in [-0.2, 0) is 10.3 Å². The average molecular weight is 376 g/mol. The van der Waals surface area contributed by atoms with Crippen molar-refractivity contribution in [1.29, 1.82) is 0 Å². The topological polar surface area (TPSA) is 79.3 Å². The summed E-state index contributed by atoms with van der Waals surface area (Å²) in [4.78, 5) is 26.7. The Morgan fingerprint density at radius 3 is 2.62 bits per heavy atom. The number of hydrogen-bond donors (Lipinski definition) is 2. The summed E-state index contributed by atoms with van der Waals surface area (Å²) in [6.45, 7) is 1.48. The summed E-state index contributed by atoms with van der Waals surface area (Å²) < 4.78 is 1.73. The van der Waals surface area contributed by atoms with E-state index >= 15 is 0 Å². The number of hydrogen-bond acceptors (Lipinski definition) is 4. The number of amides is 2. The van der Waals surface area contributed by atoms with Crippen LogP contribution in [0.25, 0.3) is 0 Å². The van der Waals surface area contributed by atoms with Gasteiger partial charge in [-0.3, -0.25) is 14.3 Å². The second-order valence-electron chi connectivity index (χ2n) is 6.58. The molecule has 26 heavy (non-hydrogen) atoms. The third kappa shape index (κ3) is 3.45. The smallest absolute Gasteiger partial charge is 0.254 e. The standard InChI is InChI=1S/C18H22ClN5O2/c1-23(2)16(25)14-5-4-13(12-15(14)19)22-17(26)18(6-9-20-10-7-18)24-11-3-8-21-24/h3-5,8,11-12,20H,6-7,9-10H2,1-2H3,(H,22,26). The van der Waals surface area contributed by atoms with Crippen molar-refractivity contribution >= 4 is 29.1 Å². The van der Waals surface area contributed by atoms with Crippen LogP contribution < -0.4 is 10.6 Å². The number of anilines is 1. The van der Waals surface area contributed by atoms with Crippen molar-refractivity contribution in [2.45, 2.75) is 18.4 Å². The number of aromatic nitrogens is 2. The first-order valence-electron chi connectivity index (χ1n) is 8.47. The van der Waals surface area contributed by atoms with Crippen LogP contribution >= 0.6 is 11.6 Å². The zero-order valence-electron chi connectivity index (χ0n) is 14.8. The minimum Gasteiger partial charge on any atom is -0.345 e. The lowest BCUT2D eigenvalue weighted by atomic mass is 9.87. The molecule has 1 fully saturated rings. The van der Waals surface area contributed by atoms with E-state index in [2.05, 4.69) is 15.7 Å². The molecule has 1 aromatic heterocycles. The van der Waals surface area contributed by atoms with Crippen molar-refractivity contribution in [3.05, 3.63) is 47.2 Å². The number of piperidine rings is 1. The SMILES string of the molecule is CN(C)C(=O)c1ccc(NC(=O)C2(n3cccn3)CCNCC2)cc1Cl. The molecule has 0 bridgehead atoms. The van der Waals surface area contributed by atoms with Gasteiger partial charge in [0.05, 0.1) is 10.6 Å². The minimum atomic E-state index is -0.737. The van der Waals surface area contributed by atoms with Gasteiger partial charge in [-0.15, -0.1) is 0 Å². The van der Waals surface area contributed by atoms with Gasteiger partial charge < -0.3 is 15.5 Å². The summed E-state index contributed by atoms with van der Waals surface area (Å²) in [5, 5.41) is 10.8. The Balaban J connectivity index is 1.84. The molecular weight excluding hydrogens is 354 g/mol. The lowest BCUT2D eigenvalue weighted by Crippen LogP contribution is -2.52. The number of carbonyl (C=O) groups is 2. The predicted molar refractivity (Wildman–Crippen MR) is 100 cm³/mol. The first-order chi connectivity index (χ1) is 12.4. The molecule has 7 nitrogen and oxygen atoms in total. The molecule has 0 aliphatic carbocycles. The largest absolute Gasteiger partial charge is 0.345 e. The van der Waals surface area contributed by atoms with Crippen LogP contribution in [0.2, 0.25) is 5.02 Å². The van der Waals surface area contributed by atoms with Crippen LogP contribution in [0.15, 0.2) is 36.7 Å². The van der Waals surface area contributed by atoms with Crippen LogP contribution in [0, 0.1) is 0 Å². The van der Waals surface area contributed by atoms with Crippen LogP contribution in [0.1, 0.15) is 23.2 Å². The Bertz CT molecular complexity index is 798. The first-order valence-corrected chi connectivity index (χ1v) is 8.85. The molecule has 8 heteroatoms. The first kappa shape index (κ1) is 18.4. The fourth-order valence-electron chi connectivity index (χ4n) is 3.18. The van der Waals surface area contributed by atoms with Gasteiger partial charge >= 0.3 is 0 Å². The predicted octanol–water partition coefficient (Wildman–Crippen LogP) is 1.96. The van der Waals surface area contributed by atoms with Crippen LogP contribution in [-0.4, -0.2) is 53.7 Å². The van der Waals surface area contributed by atoms with Gasteiger partial charge in [-0.2, -0.15) is 5.10 Å². The molecule has 0 spiro atoms. The molecule has 2 amide bonds. The quantitative estimate of drug-likeness (QED) is 0.856.